The molecule has 1 aliphatic heterocycles. The van der Waals surface area contributed by atoms with Crippen molar-refractivity contribution >= 4 is 11.6 Å². The van der Waals surface area contributed by atoms with Crippen LogP contribution in [-0.2, 0) is 24.6 Å². The van der Waals surface area contributed by atoms with Crippen LogP contribution in [-0.4, -0.2) is 50.2 Å². The third-order valence-electron chi connectivity index (χ3n) is 4.19. The summed E-state index contributed by atoms with van der Waals surface area (Å²) < 4.78 is 40.2. The Kier molecular flexibility index (Phi) is 4.46. The van der Waals surface area contributed by atoms with Gasteiger partial charge in [-0.2, -0.15) is 13.2 Å². The average molecular weight is 354 g/mol. The van der Waals surface area contributed by atoms with Crippen molar-refractivity contribution < 1.29 is 18.0 Å². The van der Waals surface area contributed by atoms with Gasteiger partial charge in [0, 0.05) is 32.0 Å². The van der Waals surface area contributed by atoms with E-state index in [1.807, 2.05) is 23.4 Å². The molecule has 10 heteroatoms. The molecule has 0 bridgehead atoms. The number of rotatable bonds is 3. The Morgan fingerprint density at radius 3 is 2.60 bits per heavy atom. The summed E-state index contributed by atoms with van der Waals surface area (Å²) in [6.07, 6.45) is -3.47. The van der Waals surface area contributed by atoms with E-state index in [9.17, 15) is 18.0 Å². The van der Waals surface area contributed by atoms with Crippen molar-refractivity contribution in [3.05, 3.63) is 35.7 Å². The largest absolute Gasteiger partial charge is 0.433 e. The van der Waals surface area contributed by atoms with Crippen LogP contribution in [0.1, 0.15) is 17.3 Å². The van der Waals surface area contributed by atoms with Gasteiger partial charge in [-0.25, -0.2) is 0 Å². The Morgan fingerprint density at radius 2 is 2.00 bits per heavy atom. The van der Waals surface area contributed by atoms with Crippen LogP contribution in [0.2, 0.25) is 0 Å². The molecule has 3 heterocycles. The van der Waals surface area contributed by atoms with Gasteiger partial charge in [0.15, 0.2) is 0 Å². The van der Waals surface area contributed by atoms with E-state index in [0.717, 1.165) is 23.9 Å². The van der Waals surface area contributed by atoms with E-state index in [2.05, 4.69) is 15.2 Å². The van der Waals surface area contributed by atoms with Crippen LogP contribution in [0.4, 0.5) is 18.9 Å². The molecule has 1 aliphatic rings. The number of aryl methyl sites for hydroxylation is 1. The molecule has 1 amide bonds. The van der Waals surface area contributed by atoms with Crippen molar-refractivity contribution in [2.24, 2.45) is 7.05 Å². The molecule has 1 saturated heterocycles. The van der Waals surface area contributed by atoms with Gasteiger partial charge < -0.3 is 9.47 Å². The topological polar surface area (TPSA) is 67.2 Å². The lowest BCUT2D eigenvalue weighted by Gasteiger charge is -2.34. The summed E-state index contributed by atoms with van der Waals surface area (Å²) in [6, 6.07) is 2.31. The number of hydrogen-bond acceptors (Lipinski definition) is 5. The number of carbonyl (C=O) groups is 1. The summed E-state index contributed by atoms with van der Waals surface area (Å²) in [6.45, 7) is 3.23. The van der Waals surface area contributed by atoms with Crippen LogP contribution in [0, 0.1) is 6.92 Å². The summed E-state index contributed by atoms with van der Waals surface area (Å²) in [4.78, 5) is 19.0. The van der Waals surface area contributed by atoms with E-state index in [1.165, 1.54) is 11.0 Å². The van der Waals surface area contributed by atoms with Crippen molar-refractivity contribution in [2.75, 3.05) is 24.5 Å². The first-order valence-corrected chi connectivity index (χ1v) is 7.66. The molecule has 0 saturated carbocycles. The molecular formula is C15H17F3N6O. The zero-order chi connectivity index (χ0) is 18.2. The second-order valence-corrected chi connectivity index (χ2v) is 5.88. The average Bonchev–Trinajstić information content (AvgIpc) is 2.86. The number of carbonyl (C=O) groups excluding carboxylic acids is 1. The molecule has 134 valence electrons. The van der Waals surface area contributed by atoms with Gasteiger partial charge in [0.2, 0.25) is 5.91 Å². The predicted octanol–water partition coefficient (Wildman–Crippen LogP) is 1.39. The minimum absolute atomic E-state index is 0.107. The van der Waals surface area contributed by atoms with Gasteiger partial charge in [0.05, 0.1) is 13.1 Å². The minimum atomic E-state index is -4.54. The van der Waals surface area contributed by atoms with Gasteiger partial charge in [-0.3, -0.25) is 14.7 Å². The van der Waals surface area contributed by atoms with E-state index in [0.29, 0.717) is 19.6 Å². The zero-order valence-electron chi connectivity index (χ0n) is 13.8. The van der Waals surface area contributed by atoms with E-state index in [4.69, 9.17) is 0 Å². The van der Waals surface area contributed by atoms with Crippen LogP contribution >= 0.6 is 0 Å². The van der Waals surface area contributed by atoms with Gasteiger partial charge in [-0.15, -0.1) is 10.2 Å². The standard InChI is InChI=1S/C15H17F3N6O/c1-10-20-21-13(22(10)2)8-23-5-6-24(14(25)9-23)11-3-4-19-12(7-11)15(16,17)18/h3-4,7H,5-6,8-9H2,1-2H3. The number of hydrogen-bond donors (Lipinski definition) is 0. The summed E-state index contributed by atoms with van der Waals surface area (Å²) in [5, 5.41) is 8.04. The molecule has 2 aromatic heterocycles. The third kappa shape index (κ3) is 3.63. The van der Waals surface area contributed by atoms with Gasteiger partial charge in [-0.05, 0) is 19.1 Å². The van der Waals surface area contributed by atoms with Crippen molar-refractivity contribution in [1.82, 2.24) is 24.6 Å². The highest BCUT2D eigenvalue weighted by molar-refractivity contribution is 5.95. The molecule has 7 nitrogen and oxygen atoms in total. The molecule has 0 spiro atoms. The van der Waals surface area contributed by atoms with E-state index >= 15 is 0 Å². The quantitative estimate of drug-likeness (QED) is 0.833. The molecule has 2 aromatic rings. The molecule has 0 N–H and O–H groups in total. The molecule has 0 aliphatic carbocycles. The maximum atomic E-state index is 12.8. The normalized spacial score (nSPS) is 16.5. The fourth-order valence-corrected chi connectivity index (χ4v) is 2.66. The fraction of sp³-hybridized carbons (Fsp3) is 0.467. The van der Waals surface area contributed by atoms with Crippen molar-refractivity contribution in [2.45, 2.75) is 19.6 Å². The van der Waals surface area contributed by atoms with Gasteiger partial charge in [0.1, 0.15) is 17.3 Å². The molecule has 0 radical (unpaired) electrons. The number of nitrogens with zero attached hydrogens (tertiary/aromatic N) is 6. The lowest BCUT2D eigenvalue weighted by Crippen LogP contribution is -2.50. The van der Waals surface area contributed by atoms with Crippen LogP contribution < -0.4 is 4.90 Å². The monoisotopic (exact) mass is 354 g/mol. The van der Waals surface area contributed by atoms with Crippen molar-refractivity contribution in [3.8, 4) is 0 Å². The molecule has 3 rings (SSSR count). The maximum Gasteiger partial charge on any atom is 0.433 e. The first kappa shape index (κ1) is 17.3. The fourth-order valence-electron chi connectivity index (χ4n) is 2.66. The smallest absolute Gasteiger partial charge is 0.317 e. The number of anilines is 1. The van der Waals surface area contributed by atoms with Crippen LogP contribution in [0.15, 0.2) is 18.3 Å². The van der Waals surface area contributed by atoms with Crippen LogP contribution in [0.3, 0.4) is 0 Å². The number of piperazine rings is 1. The summed E-state index contributed by atoms with van der Waals surface area (Å²) in [5.41, 5.74) is -0.795. The first-order chi connectivity index (χ1) is 11.8. The number of alkyl halides is 3. The SMILES string of the molecule is Cc1nnc(CN2CCN(c3ccnc(C(F)(F)F)c3)C(=O)C2)n1C. The highest BCUT2D eigenvalue weighted by Gasteiger charge is 2.34. The molecule has 1 fully saturated rings. The summed E-state index contributed by atoms with van der Waals surface area (Å²) >= 11 is 0. The highest BCUT2D eigenvalue weighted by Crippen LogP contribution is 2.30. The predicted molar refractivity (Wildman–Crippen MR) is 82.6 cm³/mol. The number of halogens is 3. The second kappa shape index (κ2) is 6.43. The van der Waals surface area contributed by atoms with Gasteiger partial charge >= 0.3 is 6.18 Å². The number of aromatic nitrogens is 4. The molecule has 0 unspecified atom stereocenters. The van der Waals surface area contributed by atoms with Gasteiger partial charge in [0.25, 0.3) is 0 Å². The zero-order valence-corrected chi connectivity index (χ0v) is 13.8. The number of pyridine rings is 1. The second-order valence-electron chi connectivity index (χ2n) is 5.88. The van der Waals surface area contributed by atoms with Crippen molar-refractivity contribution in [1.29, 1.82) is 0 Å². The van der Waals surface area contributed by atoms with Crippen LogP contribution in [0.5, 0.6) is 0 Å². The van der Waals surface area contributed by atoms with Crippen molar-refractivity contribution in [3.63, 3.8) is 0 Å². The summed E-state index contributed by atoms with van der Waals surface area (Å²) in [7, 11) is 1.85. The maximum absolute atomic E-state index is 12.8. The van der Waals surface area contributed by atoms with Crippen LogP contribution in [0.25, 0.3) is 0 Å². The Morgan fingerprint density at radius 1 is 1.24 bits per heavy atom. The Balaban J connectivity index is 1.70. The third-order valence-corrected chi connectivity index (χ3v) is 4.19. The lowest BCUT2D eigenvalue weighted by molar-refractivity contribution is -0.141. The Labute approximate surface area is 142 Å². The molecule has 0 aromatic carbocycles. The molecule has 0 atom stereocenters. The Bertz CT molecular complexity index is 788. The number of amides is 1. The van der Waals surface area contributed by atoms with Gasteiger partial charge in [-0.1, -0.05) is 0 Å². The van der Waals surface area contributed by atoms with E-state index in [1.54, 1.807) is 0 Å². The minimum Gasteiger partial charge on any atom is -0.317 e. The highest BCUT2D eigenvalue weighted by atomic mass is 19.4. The Hall–Kier alpha value is -2.49. The first-order valence-electron chi connectivity index (χ1n) is 7.66. The summed E-state index contributed by atoms with van der Waals surface area (Å²) in [5.74, 6) is 1.25. The molecular weight excluding hydrogens is 337 g/mol. The lowest BCUT2D eigenvalue weighted by atomic mass is 10.2. The van der Waals surface area contributed by atoms with E-state index < -0.39 is 11.9 Å². The molecule has 25 heavy (non-hydrogen) atoms. The van der Waals surface area contributed by atoms with E-state index in [-0.39, 0.29) is 18.1 Å².